The van der Waals surface area contributed by atoms with Crippen molar-refractivity contribution in [2.45, 2.75) is 221 Å². The third-order valence-corrected chi connectivity index (χ3v) is 27.9. The fourth-order valence-electron chi connectivity index (χ4n) is 21.2. The number of aliphatic hydroxyl groups is 1. The predicted octanol–water partition coefficient (Wildman–Crippen LogP) is 12.8. The molecule has 14 unspecified atom stereocenters. The highest BCUT2D eigenvalue weighted by Gasteiger charge is 2.64. The largest absolute Gasteiger partial charge is 0.504 e. The molecule has 1 saturated heterocycles. The number of nitrogens with zero attached hydrogens (tertiary/aromatic N) is 2. The van der Waals surface area contributed by atoms with E-state index in [1.165, 1.54) is 101 Å². The van der Waals surface area contributed by atoms with E-state index < -0.39 is 17.3 Å². The number of nitrogens with two attached hydrogens (primary N) is 1. The number of phenolic OH excluding ortho intramolecular Hbond substituents is 1. The van der Waals surface area contributed by atoms with Crippen LogP contribution in [0.2, 0.25) is 0 Å². The molecule has 1 amide bonds. The second-order valence-corrected chi connectivity index (χ2v) is 30.4. The summed E-state index contributed by atoms with van der Waals surface area (Å²) in [6.07, 6.45) is 32.6. The first-order valence-corrected chi connectivity index (χ1v) is 33.0. The molecule has 10 nitrogen and oxygen atoms in total. The zero-order chi connectivity index (χ0) is 51.7. The maximum Gasteiger partial charge on any atom is 0.303 e. The topological polar surface area (TPSA) is 147 Å². The van der Waals surface area contributed by atoms with Gasteiger partial charge in [0.1, 0.15) is 16.1 Å². The van der Waals surface area contributed by atoms with Gasteiger partial charge in [-0.1, -0.05) is 77.3 Å². The smallest absolute Gasteiger partial charge is 0.303 e. The number of aryl methyl sites for hydroxylation is 1. The minimum absolute atomic E-state index is 0.0940. The fraction of sp³-hybridized carbons (Fsp3) is 0.734. The van der Waals surface area contributed by atoms with Gasteiger partial charge in [0.25, 0.3) is 0 Å². The van der Waals surface area contributed by atoms with Crippen molar-refractivity contribution < 1.29 is 29.3 Å². The number of benzene rings is 2. The standard InChI is InChI=1S/C64H86N4O6S2/c1-41(69)73-60-29-16-43-32-45(55(72)56-54(43)44-17-31-63(74-56)25-8-13-47(63)33-44)37-68-40-62(35-53(68)71)48(14-15-50(62)42-10-3-2-4-11-42)36-66-57(65)67-64(26-9-23-59(64)21-5-6-22-59)76-75-38-49-19-28-58(51(20-30-60)52(70)34-60)27-18-46-12-7-24-61(46,49)39-58/h2-4,10-11,17,31-32,44,46-52,70,72H,5-9,12-16,18-30,33-40H2,1H3,(H3,65,66,67). The summed E-state index contributed by atoms with van der Waals surface area (Å²) < 4.78 is 13.8. The number of carbonyl (C=O) groups excluding carboxylic acids is 2. The van der Waals surface area contributed by atoms with Crippen LogP contribution >= 0.6 is 21.6 Å². The number of allylic oxidation sites excluding steroid dienone is 1. The van der Waals surface area contributed by atoms with E-state index in [1.807, 2.05) is 4.90 Å². The summed E-state index contributed by atoms with van der Waals surface area (Å²) in [6.45, 7) is 2.99. The van der Waals surface area contributed by atoms with Gasteiger partial charge in [0.15, 0.2) is 17.5 Å². The first kappa shape index (κ1) is 50.8. The zero-order valence-corrected chi connectivity index (χ0v) is 47.1. The van der Waals surface area contributed by atoms with Crippen LogP contribution in [0.25, 0.3) is 0 Å². The molecule has 8 saturated carbocycles. The molecule has 11 bridgehead atoms. The lowest BCUT2D eigenvalue weighted by Gasteiger charge is -2.62. The van der Waals surface area contributed by atoms with Crippen LogP contribution in [0.1, 0.15) is 208 Å². The number of guanidine groups is 1. The van der Waals surface area contributed by atoms with Gasteiger partial charge >= 0.3 is 5.97 Å². The number of carbonyl (C=O) groups is 2. The van der Waals surface area contributed by atoms with E-state index >= 15 is 0 Å². The summed E-state index contributed by atoms with van der Waals surface area (Å²) in [7, 11) is 4.27. The number of hydrogen-bond donors (Lipinski definition) is 4. The zero-order valence-electron chi connectivity index (χ0n) is 45.5. The molecule has 17 rings (SSSR count). The monoisotopic (exact) mass is 1070 g/mol. The van der Waals surface area contributed by atoms with Crippen LogP contribution in [-0.2, 0) is 27.3 Å². The van der Waals surface area contributed by atoms with Gasteiger partial charge in [-0.05, 0) is 205 Å². The number of amides is 1. The molecular formula is C64H86N4O6S2. The second-order valence-electron chi connectivity index (χ2n) is 27.7. The molecule has 6 spiro atoms. The van der Waals surface area contributed by atoms with Gasteiger partial charge in [0.2, 0.25) is 5.91 Å². The van der Waals surface area contributed by atoms with Gasteiger partial charge in [-0.15, -0.1) is 0 Å². The van der Waals surface area contributed by atoms with E-state index in [0.29, 0.717) is 67.7 Å². The molecule has 12 heteroatoms. The normalized spacial score (nSPS) is 43.3. The Labute approximate surface area is 460 Å². The van der Waals surface area contributed by atoms with E-state index in [4.69, 9.17) is 20.2 Å². The highest BCUT2D eigenvalue weighted by atomic mass is 33.1. The Morgan fingerprint density at radius 3 is 2.49 bits per heavy atom. The Morgan fingerprint density at radius 2 is 1.66 bits per heavy atom. The number of aromatic hydroxyl groups is 1. The maximum atomic E-state index is 14.9. The van der Waals surface area contributed by atoms with Crippen LogP contribution in [0.15, 0.2) is 53.5 Å². The summed E-state index contributed by atoms with van der Waals surface area (Å²) >= 11 is 0. The van der Waals surface area contributed by atoms with Crippen LogP contribution in [0.3, 0.4) is 0 Å². The van der Waals surface area contributed by atoms with Crippen LogP contribution in [0, 0.1) is 51.2 Å². The number of phenols is 1. The molecule has 2 aromatic carbocycles. The molecule has 6 aliphatic heterocycles. The van der Waals surface area contributed by atoms with Crippen molar-refractivity contribution in [3.8, 4) is 11.5 Å². The number of fused-ring (bicyclic) bond motifs is 1. The van der Waals surface area contributed by atoms with E-state index in [2.05, 4.69) is 75.5 Å². The van der Waals surface area contributed by atoms with E-state index in [9.17, 15) is 19.8 Å². The third-order valence-electron chi connectivity index (χ3n) is 24.6. The minimum Gasteiger partial charge on any atom is -0.504 e. The molecule has 5 N–H and O–H groups in total. The maximum absolute atomic E-state index is 14.9. The highest BCUT2D eigenvalue weighted by molar-refractivity contribution is 8.77. The van der Waals surface area contributed by atoms with E-state index in [-0.39, 0.29) is 69.0 Å². The number of esters is 1. The lowest BCUT2D eigenvalue weighted by molar-refractivity contribution is -0.182. The SMILES string of the molecule is CC(=O)OC12CCc3cc(c(O)c4c3C3C=CC5(CCCC5C3)O4)CN3CC4(CC3=O)C(CCC4c3ccccc3)CN=C(N)NC3(CCCC34CCCC4)SSCC3CCC4(CCC5CCCC53C4)C(CC1)C(O)C2. The number of ether oxygens (including phenoxy) is 2. The van der Waals surface area contributed by atoms with Crippen LogP contribution in [0.4, 0.5) is 0 Å². The molecular weight excluding hydrogens is 985 g/mol. The predicted molar refractivity (Wildman–Crippen MR) is 302 cm³/mol. The van der Waals surface area contributed by atoms with Crippen LogP contribution in [0.5, 0.6) is 11.5 Å². The minimum atomic E-state index is -0.801. The highest BCUT2D eigenvalue weighted by Crippen LogP contribution is 2.71. The molecule has 15 aliphatic rings. The molecule has 9 fully saturated rings. The van der Waals surface area contributed by atoms with Crippen molar-refractivity contribution in [1.82, 2.24) is 10.2 Å². The summed E-state index contributed by atoms with van der Waals surface area (Å²) in [6, 6.07) is 13.1. The Balaban J connectivity index is 0.860. The Bertz CT molecular complexity index is 2670. The van der Waals surface area contributed by atoms with E-state index in [1.54, 1.807) is 6.92 Å². The Hall–Kier alpha value is -3.35. The summed E-state index contributed by atoms with van der Waals surface area (Å²) in [5.74, 6) is 4.77. The lowest BCUT2D eigenvalue weighted by atomic mass is 9.44. The number of nitrogens with one attached hydrogen (secondary N) is 1. The third kappa shape index (κ3) is 7.95. The van der Waals surface area contributed by atoms with Crippen molar-refractivity contribution in [2.24, 2.45) is 62.0 Å². The first-order chi connectivity index (χ1) is 36.8. The summed E-state index contributed by atoms with van der Waals surface area (Å²) in [5.41, 5.74) is 10.5. The van der Waals surface area contributed by atoms with Crippen LogP contribution < -0.4 is 15.8 Å². The van der Waals surface area contributed by atoms with Gasteiger partial charge in [-0.2, -0.15) is 0 Å². The number of aliphatic hydroxyl groups excluding tert-OH is 1. The number of aliphatic imine (C=N–C) groups is 1. The average molecular weight is 1070 g/mol. The van der Waals surface area contributed by atoms with Crippen molar-refractivity contribution in [2.75, 3.05) is 18.8 Å². The van der Waals surface area contributed by atoms with Gasteiger partial charge in [0, 0.05) is 78.9 Å². The van der Waals surface area contributed by atoms with Gasteiger partial charge in [-0.3, -0.25) is 14.6 Å². The van der Waals surface area contributed by atoms with Crippen molar-refractivity contribution in [3.63, 3.8) is 0 Å². The quantitative estimate of drug-likeness (QED) is 0.130. The number of rotatable bonds is 2. The molecule has 0 radical (unpaired) electrons. The van der Waals surface area contributed by atoms with Crippen molar-refractivity contribution >= 4 is 39.4 Å². The fourth-order valence-corrected chi connectivity index (χ4v) is 25.2. The molecule has 2 aromatic rings. The average Bonchev–Trinajstić information content (AvgIpc) is 4.39. The molecule has 14 atom stereocenters. The summed E-state index contributed by atoms with van der Waals surface area (Å²) in [5, 5.41) is 29.6. The molecule has 0 aromatic heterocycles. The number of hydrogen-bond acceptors (Lipinski definition) is 11. The Kier molecular flexibility index (Phi) is 12.6. The van der Waals surface area contributed by atoms with E-state index in [0.717, 1.165) is 80.4 Å². The molecule has 9 aliphatic carbocycles. The van der Waals surface area contributed by atoms with Crippen molar-refractivity contribution in [3.05, 3.63) is 70.8 Å². The first-order valence-electron chi connectivity index (χ1n) is 30.6. The molecule has 6 heterocycles. The van der Waals surface area contributed by atoms with Crippen molar-refractivity contribution in [1.29, 1.82) is 0 Å². The second kappa shape index (κ2) is 18.9. The van der Waals surface area contributed by atoms with Gasteiger partial charge in [0.05, 0.1) is 6.10 Å². The van der Waals surface area contributed by atoms with Gasteiger partial charge < -0.3 is 35.6 Å². The summed E-state index contributed by atoms with van der Waals surface area (Å²) in [4.78, 5) is 35.5. The molecule has 410 valence electrons. The van der Waals surface area contributed by atoms with Gasteiger partial charge in [-0.25, -0.2) is 0 Å². The molecule has 76 heavy (non-hydrogen) atoms. The Morgan fingerprint density at radius 1 is 0.855 bits per heavy atom. The lowest BCUT2D eigenvalue weighted by Crippen LogP contribution is -2.57. The van der Waals surface area contributed by atoms with Crippen LogP contribution in [-0.4, -0.2) is 74.0 Å².